The number of nitrogens with one attached hydrogen (secondary N) is 1. The van der Waals surface area contributed by atoms with E-state index in [-0.39, 0.29) is 11.8 Å². The average Bonchev–Trinajstić information content (AvgIpc) is 2.64. The Hall–Kier alpha value is -2.14. The van der Waals surface area contributed by atoms with Crippen LogP contribution < -0.4 is 5.32 Å². The molecule has 0 radical (unpaired) electrons. The Balaban J connectivity index is 1.79. The van der Waals surface area contributed by atoms with E-state index in [9.17, 15) is 9.59 Å². The Morgan fingerprint density at radius 3 is 2.50 bits per heavy atom. The first kappa shape index (κ1) is 18.6. The van der Waals surface area contributed by atoms with Gasteiger partial charge in [-0.3, -0.25) is 9.59 Å². The van der Waals surface area contributed by atoms with E-state index in [2.05, 4.69) is 28.2 Å². The van der Waals surface area contributed by atoms with Gasteiger partial charge in [0.1, 0.15) is 0 Å². The van der Waals surface area contributed by atoms with Gasteiger partial charge < -0.3 is 10.2 Å². The molecule has 0 saturated carbocycles. The van der Waals surface area contributed by atoms with Crippen LogP contribution in [0.3, 0.4) is 0 Å². The van der Waals surface area contributed by atoms with Gasteiger partial charge in [0.15, 0.2) is 0 Å². The van der Waals surface area contributed by atoms with Crippen molar-refractivity contribution in [3.8, 4) is 0 Å². The highest BCUT2D eigenvalue weighted by molar-refractivity contribution is 9.10. The minimum Gasteiger partial charge on any atom is -0.339 e. The summed E-state index contributed by atoms with van der Waals surface area (Å²) in [5.74, 6) is 0.421. The van der Waals surface area contributed by atoms with Gasteiger partial charge in [-0.1, -0.05) is 41.1 Å². The Kier molecular flexibility index (Phi) is 5.77. The van der Waals surface area contributed by atoms with Crippen LogP contribution >= 0.6 is 15.9 Å². The van der Waals surface area contributed by atoms with Crippen molar-refractivity contribution in [3.63, 3.8) is 0 Å². The molecule has 0 atom stereocenters. The third-order valence-corrected chi connectivity index (χ3v) is 5.76. The summed E-state index contributed by atoms with van der Waals surface area (Å²) in [6.07, 6.45) is 2.05. The van der Waals surface area contributed by atoms with Crippen molar-refractivity contribution in [2.75, 3.05) is 18.4 Å². The highest BCUT2D eigenvalue weighted by Crippen LogP contribution is 2.23. The van der Waals surface area contributed by atoms with E-state index in [1.807, 2.05) is 30.0 Å². The second-order valence-corrected chi connectivity index (χ2v) is 7.79. The van der Waals surface area contributed by atoms with E-state index in [0.717, 1.165) is 36.0 Å². The number of carbonyl (C=O) groups is 2. The zero-order valence-electron chi connectivity index (χ0n) is 15.1. The lowest BCUT2D eigenvalue weighted by atomic mass is 9.98. The molecule has 1 aliphatic rings. The molecule has 0 spiro atoms. The Bertz CT molecular complexity index is 827. The number of hydrogen-bond donors (Lipinski definition) is 1. The van der Waals surface area contributed by atoms with Crippen LogP contribution in [0.4, 0.5) is 5.69 Å². The summed E-state index contributed by atoms with van der Waals surface area (Å²) in [6, 6.07) is 12.7. The average molecular weight is 415 g/mol. The molecule has 5 heteroatoms. The molecule has 26 heavy (non-hydrogen) atoms. The lowest BCUT2D eigenvalue weighted by Crippen LogP contribution is -2.38. The highest BCUT2D eigenvalue weighted by Gasteiger charge is 2.23. The van der Waals surface area contributed by atoms with Gasteiger partial charge in [0.2, 0.25) is 0 Å². The van der Waals surface area contributed by atoms with Crippen molar-refractivity contribution in [3.05, 3.63) is 63.6 Å². The van der Waals surface area contributed by atoms with Crippen LogP contribution in [0.2, 0.25) is 0 Å². The summed E-state index contributed by atoms with van der Waals surface area (Å²) >= 11 is 3.45. The van der Waals surface area contributed by atoms with E-state index in [4.69, 9.17) is 0 Å². The number of amides is 2. The van der Waals surface area contributed by atoms with Gasteiger partial charge in [-0.15, -0.1) is 0 Å². The number of aryl methyl sites for hydroxylation is 1. The highest BCUT2D eigenvalue weighted by atomic mass is 79.9. The second-order valence-electron chi connectivity index (χ2n) is 6.94. The van der Waals surface area contributed by atoms with E-state index < -0.39 is 0 Å². The molecule has 2 aromatic rings. The molecule has 0 aliphatic carbocycles. The minimum atomic E-state index is -0.224. The number of halogens is 1. The van der Waals surface area contributed by atoms with Gasteiger partial charge in [0, 0.05) is 23.1 Å². The molecule has 3 rings (SSSR count). The number of nitrogens with zero attached hydrogens (tertiary/aromatic N) is 1. The minimum absolute atomic E-state index is 0.0158. The van der Waals surface area contributed by atoms with Crippen molar-refractivity contribution in [1.82, 2.24) is 4.90 Å². The molecular formula is C21H23BrN2O2. The zero-order valence-corrected chi connectivity index (χ0v) is 16.7. The first-order chi connectivity index (χ1) is 12.5. The van der Waals surface area contributed by atoms with Gasteiger partial charge in [-0.25, -0.2) is 0 Å². The third-order valence-electron chi connectivity index (χ3n) is 4.91. The van der Waals surface area contributed by atoms with Crippen molar-refractivity contribution >= 4 is 33.4 Å². The largest absolute Gasteiger partial charge is 0.339 e. The first-order valence-corrected chi connectivity index (χ1v) is 9.71. The number of likely N-dealkylation sites (tertiary alicyclic amines) is 1. The number of para-hydroxylation sites is 1. The zero-order chi connectivity index (χ0) is 18.7. The first-order valence-electron chi connectivity index (χ1n) is 8.91. The van der Waals surface area contributed by atoms with Crippen LogP contribution in [0.1, 0.15) is 46.0 Å². The van der Waals surface area contributed by atoms with Crippen LogP contribution in [-0.2, 0) is 0 Å². The molecule has 0 bridgehead atoms. The fraction of sp³-hybridized carbons (Fsp3) is 0.333. The second kappa shape index (κ2) is 8.04. The van der Waals surface area contributed by atoms with E-state index in [1.165, 1.54) is 0 Å². The summed E-state index contributed by atoms with van der Waals surface area (Å²) in [5.41, 5.74) is 2.72. The van der Waals surface area contributed by atoms with Gasteiger partial charge in [-0.05, 0) is 55.5 Å². The standard InChI is InChI=1S/C21H23BrN2O2/c1-14-9-11-24(12-10-14)21(26)17-5-3-4-6-19(17)23-20(25)16-8-7-15(2)18(22)13-16/h3-8,13-14H,9-12H2,1-2H3,(H,23,25). The maximum Gasteiger partial charge on any atom is 0.255 e. The Labute approximate surface area is 162 Å². The molecule has 4 nitrogen and oxygen atoms in total. The van der Waals surface area contributed by atoms with Crippen molar-refractivity contribution in [2.24, 2.45) is 5.92 Å². The fourth-order valence-electron chi connectivity index (χ4n) is 3.09. The van der Waals surface area contributed by atoms with Crippen molar-refractivity contribution in [2.45, 2.75) is 26.7 Å². The summed E-state index contributed by atoms with van der Waals surface area (Å²) in [5, 5.41) is 2.90. The normalized spacial score (nSPS) is 15.0. The predicted octanol–water partition coefficient (Wildman–Crippen LogP) is 4.88. The third kappa shape index (κ3) is 4.15. The quantitative estimate of drug-likeness (QED) is 0.777. The molecule has 0 aromatic heterocycles. The number of anilines is 1. The molecule has 0 unspecified atom stereocenters. The van der Waals surface area contributed by atoms with E-state index >= 15 is 0 Å². The number of carbonyl (C=O) groups excluding carboxylic acids is 2. The van der Waals surface area contributed by atoms with E-state index in [0.29, 0.717) is 22.7 Å². The molecule has 2 amide bonds. The summed E-state index contributed by atoms with van der Waals surface area (Å²) < 4.78 is 0.886. The van der Waals surface area contributed by atoms with Crippen molar-refractivity contribution < 1.29 is 9.59 Å². The van der Waals surface area contributed by atoms with Crippen LogP contribution in [-0.4, -0.2) is 29.8 Å². The van der Waals surface area contributed by atoms with Gasteiger partial charge >= 0.3 is 0 Å². The molecule has 1 saturated heterocycles. The van der Waals surface area contributed by atoms with Gasteiger partial charge in [0.25, 0.3) is 11.8 Å². The van der Waals surface area contributed by atoms with Crippen LogP contribution in [0, 0.1) is 12.8 Å². The molecule has 2 aromatic carbocycles. The molecular weight excluding hydrogens is 392 g/mol. The predicted molar refractivity (Wildman–Crippen MR) is 108 cm³/mol. The molecule has 1 fully saturated rings. The van der Waals surface area contributed by atoms with E-state index in [1.54, 1.807) is 24.3 Å². The molecule has 1 heterocycles. The number of rotatable bonds is 3. The number of benzene rings is 2. The van der Waals surface area contributed by atoms with Gasteiger partial charge in [0.05, 0.1) is 11.3 Å². The number of hydrogen-bond acceptors (Lipinski definition) is 2. The molecule has 1 N–H and O–H groups in total. The smallest absolute Gasteiger partial charge is 0.255 e. The van der Waals surface area contributed by atoms with Crippen LogP contribution in [0.25, 0.3) is 0 Å². The molecule has 136 valence electrons. The maximum absolute atomic E-state index is 12.9. The fourth-order valence-corrected chi connectivity index (χ4v) is 3.47. The number of piperidine rings is 1. The van der Waals surface area contributed by atoms with Crippen LogP contribution in [0.5, 0.6) is 0 Å². The van der Waals surface area contributed by atoms with Crippen LogP contribution in [0.15, 0.2) is 46.9 Å². The topological polar surface area (TPSA) is 49.4 Å². The monoisotopic (exact) mass is 414 g/mol. The summed E-state index contributed by atoms with van der Waals surface area (Å²) in [7, 11) is 0. The summed E-state index contributed by atoms with van der Waals surface area (Å²) in [4.78, 5) is 27.4. The summed E-state index contributed by atoms with van der Waals surface area (Å²) in [6.45, 7) is 5.73. The Morgan fingerprint density at radius 1 is 1.12 bits per heavy atom. The maximum atomic E-state index is 12.9. The Morgan fingerprint density at radius 2 is 1.81 bits per heavy atom. The lowest BCUT2D eigenvalue weighted by molar-refractivity contribution is 0.0698. The van der Waals surface area contributed by atoms with Gasteiger partial charge in [-0.2, -0.15) is 0 Å². The lowest BCUT2D eigenvalue weighted by Gasteiger charge is -2.30. The van der Waals surface area contributed by atoms with Crippen molar-refractivity contribution in [1.29, 1.82) is 0 Å². The molecule has 1 aliphatic heterocycles. The SMILES string of the molecule is Cc1ccc(C(=O)Nc2ccccc2C(=O)N2CCC(C)CC2)cc1Br.